The molecule has 0 aliphatic heterocycles. The summed E-state index contributed by atoms with van der Waals surface area (Å²) in [6, 6.07) is 20.9. The van der Waals surface area contributed by atoms with Gasteiger partial charge in [0.05, 0.1) is 11.6 Å². The first-order valence-corrected chi connectivity index (χ1v) is 11.2. The van der Waals surface area contributed by atoms with Crippen molar-refractivity contribution in [2.75, 3.05) is 17.2 Å². The Morgan fingerprint density at radius 3 is 2.33 bits per heavy atom. The van der Waals surface area contributed by atoms with Crippen LogP contribution in [-0.4, -0.2) is 23.5 Å². The van der Waals surface area contributed by atoms with Crippen LogP contribution in [0.2, 0.25) is 10.0 Å². The standard InChI is InChI=1S/C24H21Cl2N3O3S/c25-17-11-12-21(20(26)14-17)32-13-5-10-22(30)29-24(33)28-19-9-4-8-18(15-19)27-23(31)16-6-2-1-3-7-16/h1-4,6-9,11-12,14-15H,5,10,13H2,(H,27,31)(H2,28,29,30,33). The quantitative estimate of drug-likeness (QED) is 0.263. The van der Waals surface area contributed by atoms with Crippen LogP contribution in [0, 0.1) is 0 Å². The van der Waals surface area contributed by atoms with Crippen molar-refractivity contribution in [1.29, 1.82) is 0 Å². The van der Waals surface area contributed by atoms with Gasteiger partial charge in [0.15, 0.2) is 5.11 Å². The van der Waals surface area contributed by atoms with Crippen molar-refractivity contribution in [2.24, 2.45) is 0 Å². The second-order valence-electron chi connectivity index (χ2n) is 6.93. The molecule has 0 atom stereocenters. The van der Waals surface area contributed by atoms with Crippen LogP contribution in [0.1, 0.15) is 23.2 Å². The van der Waals surface area contributed by atoms with Crippen LogP contribution in [-0.2, 0) is 4.79 Å². The minimum atomic E-state index is -0.244. The van der Waals surface area contributed by atoms with Crippen molar-refractivity contribution < 1.29 is 14.3 Å². The fraction of sp³-hybridized carbons (Fsp3) is 0.125. The number of carbonyl (C=O) groups excluding carboxylic acids is 2. The first kappa shape index (κ1) is 24.5. The molecule has 2 amide bonds. The molecule has 3 rings (SSSR count). The van der Waals surface area contributed by atoms with E-state index in [0.717, 1.165) is 0 Å². The highest BCUT2D eigenvalue weighted by atomic mass is 35.5. The summed E-state index contributed by atoms with van der Waals surface area (Å²) in [5.74, 6) is 0.0514. The van der Waals surface area contributed by atoms with Crippen LogP contribution in [0.3, 0.4) is 0 Å². The van der Waals surface area contributed by atoms with Gasteiger partial charge in [0.1, 0.15) is 5.75 Å². The number of anilines is 2. The molecule has 0 saturated heterocycles. The van der Waals surface area contributed by atoms with Gasteiger partial charge in [-0.05, 0) is 67.2 Å². The molecule has 3 N–H and O–H groups in total. The van der Waals surface area contributed by atoms with Crippen molar-refractivity contribution >= 4 is 63.7 Å². The lowest BCUT2D eigenvalue weighted by atomic mass is 10.2. The molecule has 0 fully saturated rings. The van der Waals surface area contributed by atoms with Crippen molar-refractivity contribution in [2.45, 2.75) is 12.8 Å². The van der Waals surface area contributed by atoms with E-state index in [4.69, 9.17) is 40.2 Å². The summed E-state index contributed by atoms with van der Waals surface area (Å²) in [7, 11) is 0. The van der Waals surface area contributed by atoms with Gasteiger partial charge < -0.3 is 20.7 Å². The number of hydrogen-bond acceptors (Lipinski definition) is 4. The van der Waals surface area contributed by atoms with E-state index in [9.17, 15) is 9.59 Å². The van der Waals surface area contributed by atoms with Gasteiger partial charge in [0.25, 0.3) is 5.91 Å². The fourth-order valence-electron chi connectivity index (χ4n) is 2.83. The van der Waals surface area contributed by atoms with Gasteiger partial charge in [-0.3, -0.25) is 9.59 Å². The number of ether oxygens (including phenoxy) is 1. The Kier molecular flexibility index (Phi) is 9.06. The zero-order valence-corrected chi connectivity index (χ0v) is 19.8. The van der Waals surface area contributed by atoms with Crippen LogP contribution in [0.4, 0.5) is 11.4 Å². The van der Waals surface area contributed by atoms with Gasteiger partial charge in [-0.25, -0.2) is 0 Å². The molecule has 0 aromatic heterocycles. The van der Waals surface area contributed by atoms with E-state index in [1.807, 2.05) is 6.07 Å². The summed E-state index contributed by atoms with van der Waals surface area (Å²) >= 11 is 17.1. The summed E-state index contributed by atoms with van der Waals surface area (Å²) in [4.78, 5) is 24.4. The average Bonchev–Trinajstić information content (AvgIpc) is 2.78. The number of hydrogen-bond donors (Lipinski definition) is 3. The normalized spacial score (nSPS) is 10.2. The summed E-state index contributed by atoms with van der Waals surface area (Å²) < 4.78 is 5.57. The number of amides is 2. The third-order valence-corrected chi connectivity index (χ3v) is 5.10. The van der Waals surface area contributed by atoms with Crippen molar-refractivity contribution in [3.63, 3.8) is 0 Å². The molecule has 0 spiro atoms. The van der Waals surface area contributed by atoms with Crippen molar-refractivity contribution in [3.05, 3.63) is 88.4 Å². The molecule has 0 saturated carbocycles. The largest absolute Gasteiger partial charge is 0.492 e. The molecule has 3 aromatic carbocycles. The Hall–Kier alpha value is -3.13. The van der Waals surface area contributed by atoms with Gasteiger partial charge in [0, 0.05) is 28.4 Å². The van der Waals surface area contributed by atoms with Crippen LogP contribution < -0.4 is 20.7 Å². The number of carbonyl (C=O) groups is 2. The van der Waals surface area contributed by atoms with E-state index in [1.165, 1.54) is 0 Å². The second kappa shape index (κ2) is 12.2. The lowest BCUT2D eigenvalue weighted by Crippen LogP contribution is -2.34. The maximum absolute atomic E-state index is 12.3. The highest BCUT2D eigenvalue weighted by Gasteiger charge is 2.08. The van der Waals surface area contributed by atoms with E-state index < -0.39 is 0 Å². The molecule has 0 radical (unpaired) electrons. The Labute approximate surface area is 207 Å². The average molecular weight is 502 g/mol. The zero-order chi connectivity index (χ0) is 23.6. The predicted octanol–water partition coefficient (Wildman–Crippen LogP) is 5.92. The molecule has 33 heavy (non-hydrogen) atoms. The smallest absolute Gasteiger partial charge is 0.255 e. The monoisotopic (exact) mass is 501 g/mol. The third kappa shape index (κ3) is 8.05. The van der Waals surface area contributed by atoms with Gasteiger partial charge in [-0.2, -0.15) is 0 Å². The fourth-order valence-corrected chi connectivity index (χ4v) is 3.52. The van der Waals surface area contributed by atoms with E-state index >= 15 is 0 Å². The Bertz CT molecular complexity index is 1140. The Balaban J connectivity index is 1.42. The van der Waals surface area contributed by atoms with Crippen LogP contribution in [0.5, 0.6) is 5.75 Å². The highest BCUT2D eigenvalue weighted by molar-refractivity contribution is 7.80. The molecule has 0 bridgehead atoms. The molecule has 170 valence electrons. The maximum atomic E-state index is 12.3. The zero-order valence-electron chi connectivity index (χ0n) is 17.4. The van der Waals surface area contributed by atoms with E-state index in [2.05, 4.69) is 16.0 Å². The highest BCUT2D eigenvalue weighted by Crippen LogP contribution is 2.27. The van der Waals surface area contributed by atoms with Crippen LogP contribution in [0.15, 0.2) is 72.8 Å². The minimum Gasteiger partial charge on any atom is -0.492 e. The number of benzene rings is 3. The number of thiocarbonyl (C=S) groups is 1. The van der Waals surface area contributed by atoms with E-state index in [-0.39, 0.29) is 23.3 Å². The van der Waals surface area contributed by atoms with Gasteiger partial charge in [0.2, 0.25) is 5.91 Å². The number of rotatable bonds is 8. The molecular formula is C24H21Cl2N3O3S. The van der Waals surface area contributed by atoms with Gasteiger partial charge in [-0.1, -0.05) is 47.5 Å². The summed E-state index contributed by atoms with van der Waals surface area (Å²) in [6.07, 6.45) is 0.703. The van der Waals surface area contributed by atoms with Crippen molar-refractivity contribution in [3.8, 4) is 5.75 Å². The molecule has 0 heterocycles. The Morgan fingerprint density at radius 1 is 0.879 bits per heavy atom. The predicted molar refractivity (Wildman–Crippen MR) is 136 cm³/mol. The van der Waals surface area contributed by atoms with E-state index in [1.54, 1.807) is 66.7 Å². The number of nitrogens with one attached hydrogen (secondary N) is 3. The van der Waals surface area contributed by atoms with Crippen LogP contribution in [0.25, 0.3) is 0 Å². The molecule has 0 unspecified atom stereocenters. The molecule has 0 aliphatic carbocycles. The summed E-state index contributed by atoms with van der Waals surface area (Å²) in [5, 5.41) is 9.50. The molecular weight excluding hydrogens is 481 g/mol. The molecule has 3 aromatic rings. The molecule has 0 aliphatic rings. The summed E-state index contributed by atoms with van der Waals surface area (Å²) in [6.45, 7) is 0.318. The minimum absolute atomic E-state index is 0.160. The maximum Gasteiger partial charge on any atom is 0.255 e. The van der Waals surface area contributed by atoms with Crippen LogP contribution >= 0.6 is 35.4 Å². The third-order valence-electron chi connectivity index (χ3n) is 4.37. The first-order valence-electron chi connectivity index (χ1n) is 10.1. The van der Waals surface area contributed by atoms with Gasteiger partial charge >= 0.3 is 0 Å². The SMILES string of the molecule is O=C(CCCOc1ccc(Cl)cc1Cl)NC(=S)Nc1cccc(NC(=O)c2ccccc2)c1. The molecule has 6 nitrogen and oxygen atoms in total. The van der Waals surface area contributed by atoms with E-state index in [0.29, 0.717) is 45.8 Å². The lowest BCUT2D eigenvalue weighted by molar-refractivity contribution is -0.119. The number of halogens is 2. The van der Waals surface area contributed by atoms with Crippen molar-refractivity contribution in [1.82, 2.24) is 5.32 Å². The first-order chi connectivity index (χ1) is 15.9. The molecule has 9 heteroatoms. The lowest BCUT2D eigenvalue weighted by Gasteiger charge is -2.12. The second-order valence-corrected chi connectivity index (χ2v) is 8.18. The Morgan fingerprint density at radius 2 is 1.61 bits per heavy atom. The summed E-state index contributed by atoms with van der Waals surface area (Å²) in [5.41, 5.74) is 1.79. The topological polar surface area (TPSA) is 79.5 Å². The van der Waals surface area contributed by atoms with Gasteiger partial charge in [-0.15, -0.1) is 0 Å².